The van der Waals surface area contributed by atoms with E-state index in [1.165, 1.54) is 7.11 Å². The second-order valence-corrected chi connectivity index (χ2v) is 3.15. The van der Waals surface area contributed by atoms with Crippen molar-refractivity contribution < 1.29 is 22.6 Å². The molecule has 1 rings (SSSR count). The van der Waals surface area contributed by atoms with Crippen molar-refractivity contribution in [2.75, 3.05) is 32.2 Å². The van der Waals surface area contributed by atoms with Gasteiger partial charge in [-0.05, 0) is 12.1 Å². The van der Waals surface area contributed by atoms with Crippen LogP contribution in [0.4, 0.5) is 19.0 Å². The van der Waals surface area contributed by atoms with Gasteiger partial charge in [0.2, 0.25) is 0 Å². The van der Waals surface area contributed by atoms with Crippen LogP contribution < -0.4 is 10.1 Å². The molecule has 4 nitrogen and oxygen atoms in total. The van der Waals surface area contributed by atoms with E-state index in [2.05, 4.69) is 15.0 Å². The summed E-state index contributed by atoms with van der Waals surface area (Å²) in [6.45, 7) is -1.07. The van der Waals surface area contributed by atoms with Crippen molar-refractivity contribution in [2.24, 2.45) is 0 Å². The SMILES string of the molecule is COc1cccnc1NCCOCC(F)(F)F. The molecule has 17 heavy (non-hydrogen) atoms. The fourth-order valence-corrected chi connectivity index (χ4v) is 1.12. The number of nitrogens with zero attached hydrogens (tertiary/aromatic N) is 1. The highest BCUT2D eigenvalue weighted by molar-refractivity contribution is 5.49. The molecular formula is C10H13F3N2O2. The average molecular weight is 250 g/mol. The molecule has 0 aromatic carbocycles. The van der Waals surface area contributed by atoms with Crippen LogP contribution in [0, 0.1) is 0 Å². The number of aromatic nitrogens is 1. The van der Waals surface area contributed by atoms with E-state index < -0.39 is 12.8 Å². The highest BCUT2D eigenvalue weighted by Crippen LogP contribution is 2.19. The Morgan fingerprint density at radius 3 is 2.82 bits per heavy atom. The zero-order valence-electron chi connectivity index (χ0n) is 9.25. The van der Waals surface area contributed by atoms with Crippen LogP contribution in [0.3, 0.4) is 0 Å². The Bertz CT molecular complexity index is 345. The third-order valence-electron chi connectivity index (χ3n) is 1.80. The van der Waals surface area contributed by atoms with Gasteiger partial charge in [0, 0.05) is 12.7 Å². The predicted octanol–water partition coefficient (Wildman–Crippen LogP) is 2.08. The minimum absolute atomic E-state index is 0.0563. The monoisotopic (exact) mass is 250 g/mol. The standard InChI is InChI=1S/C10H13F3N2O2/c1-16-8-3-2-4-14-9(8)15-5-6-17-7-10(11,12)13/h2-4H,5-7H2,1H3,(H,14,15). The van der Waals surface area contributed by atoms with Crippen LogP contribution in [-0.2, 0) is 4.74 Å². The summed E-state index contributed by atoms with van der Waals surface area (Å²) >= 11 is 0. The van der Waals surface area contributed by atoms with Crippen molar-refractivity contribution in [3.8, 4) is 5.75 Å². The van der Waals surface area contributed by atoms with Gasteiger partial charge >= 0.3 is 6.18 Å². The lowest BCUT2D eigenvalue weighted by atomic mass is 10.4. The molecule has 0 atom stereocenters. The van der Waals surface area contributed by atoms with Gasteiger partial charge in [-0.3, -0.25) is 0 Å². The molecule has 7 heteroatoms. The Balaban J connectivity index is 2.27. The smallest absolute Gasteiger partial charge is 0.411 e. The molecule has 0 spiro atoms. The van der Waals surface area contributed by atoms with E-state index in [0.717, 1.165) is 0 Å². The number of rotatable bonds is 6. The van der Waals surface area contributed by atoms with Crippen LogP contribution in [0.5, 0.6) is 5.75 Å². The summed E-state index contributed by atoms with van der Waals surface area (Å²) in [5, 5.41) is 2.82. The number of methoxy groups -OCH3 is 1. The maximum absolute atomic E-state index is 11.7. The van der Waals surface area contributed by atoms with Crippen LogP contribution >= 0.6 is 0 Å². The normalized spacial score (nSPS) is 11.3. The number of anilines is 1. The maximum atomic E-state index is 11.7. The molecule has 0 saturated carbocycles. The lowest BCUT2D eigenvalue weighted by Crippen LogP contribution is -2.20. The first kappa shape index (κ1) is 13.6. The molecule has 0 saturated heterocycles. The Kier molecular flexibility index (Phi) is 5.02. The molecule has 1 aromatic heterocycles. The van der Waals surface area contributed by atoms with Crippen molar-refractivity contribution in [1.29, 1.82) is 0 Å². The van der Waals surface area contributed by atoms with E-state index in [1.54, 1.807) is 18.3 Å². The van der Waals surface area contributed by atoms with Crippen molar-refractivity contribution in [3.05, 3.63) is 18.3 Å². The van der Waals surface area contributed by atoms with Gasteiger partial charge in [-0.25, -0.2) is 4.98 Å². The molecule has 0 bridgehead atoms. The number of alkyl halides is 3. The van der Waals surface area contributed by atoms with Gasteiger partial charge in [0.05, 0.1) is 13.7 Å². The van der Waals surface area contributed by atoms with Crippen molar-refractivity contribution >= 4 is 5.82 Å². The summed E-state index contributed by atoms with van der Waals surface area (Å²) in [6.07, 6.45) is -2.73. The van der Waals surface area contributed by atoms with Gasteiger partial charge < -0.3 is 14.8 Å². The van der Waals surface area contributed by atoms with E-state index in [1.807, 2.05) is 0 Å². The fourth-order valence-electron chi connectivity index (χ4n) is 1.12. The summed E-state index contributed by atoms with van der Waals surface area (Å²) in [5.74, 6) is 1.01. The molecule has 0 amide bonds. The predicted molar refractivity (Wildman–Crippen MR) is 56.2 cm³/mol. The lowest BCUT2D eigenvalue weighted by molar-refractivity contribution is -0.172. The highest BCUT2D eigenvalue weighted by atomic mass is 19.4. The number of halogens is 3. The van der Waals surface area contributed by atoms with Crippen molar-refractivity contribution in [1.82, 2.24) is 4.98 Å². The second-order valence-electron chi connectivity index (χ2n) is 3.15. The summed E-state index contributed by atoms with van der Waals surface area (Å²) in [7, 11) is 1.49. The van der Waals surface area contributed by atoms with Gasteiger partial charge in [0.1, 0.15) is 6.61 Å². The van der Waals surface area contributed by atoms with Gasteiger partial charge in [-0.2, -0.15) is 13.2 Å². The number of hydrogen-bond donors (Lipinski definition) is 1. The van der Waals surface area contributed by atoms with E-state index in [-0.39, 0.29) is 13.2 Å². The van der Waals surface area contributed by atoms with Crippen LogP contribution in [0.15, 0.2) is 18.3 Å². The highest BCUT2D eigenvalue weighted by Gasteiger charge is 2.27. The maximum Gasteiger partial charge on any atom is 0.411 e. The largest absolute Gasteiger partial charge is 0.493 e. The summed E-state index contributed by atoms with van der Waals surface area (Å²) < 4.78 is 44.7. The van der Waals surface area contributed by atoms with Crippen LogP contribution in [0.1, 0.15) is 0 Å². The Morgan fingerprint density at radius 2 is 2.18 bits per heavy atom. The number of ether oxygens (including phenoxy) is 2. The van der Waals surface area contributed by atoms with E-state index in [0.29, 0.717) is 11.6 Å². The van der Waals surface area contributed by atoms with Crippen LogP contribution in [-0.4, -0.2) is 38.0 Å². The lowest BCUT2D eigenvalue weighted by Gasteiger charge is -2.10. The second kappa shape index (κ2) is 6.29. The molecule has 0 fully saturated rings. The molecule has 0 radical (unpaired) electrons. The molecule has 96 valence electrons. The summed E-state index contributed by atoms with van der Waals surface area (Å²) in [5.41, 5.74) is 0. The molecule has 1 N–H and O–H groups in total. The summed E-state index contributed by atoms with van der Waals surface area (Å²) in [4.78, 5) is 3.98. The fraction of sp³-hybridized carbons (Fsp3) is 0.500. The molecule has 0 unspecified atom stereocenters. The minimum atomic E-state index is -4.29. The average Bonchev–Trinajstić information content (AvgIpc) is 2.27. The van der Waals surface area contributed by atoms with Crippen molar-refractivity contribution in [2.45, 2.75) is 6.18 Å². The zero-order chi connectivity index (χ0) is 12.7. The minimum Gasteiger partial charge on any atom is -0.493 e. The van der Waals surface area contributed by atoms with Gasteiger partial charge in [0.25, 0.3) is 0 Å². The molecule has 0 aliphatic rings. The van der Waals surface area contributed by atoms with E-state index >= 15 is 0 Å². The quantitative estimate of drug-likeness (QED) is 0.785. The van der Waals surface area contributed by atoms with Crippen LogP contribution in [0.25, 0.3) is 0 Å². The first-order valence-corrected chi connectivity index (χ1v) is 4.90. The van der Waals surface area contributed by atoms with Crippen LogP contribution in [0.2, 0.25) is 0 Å². The Hall–Kier alpha value is -1.50. The third-order valence-corrected chi connectivity index (χ3v) is 1.80. The van der Waals surface area contributed by atoms with Crippen molar-refractivity contribution in [3.63, 3.8) is 0 Å². The van der Waals surface area contributed by atoms with Gasteiger partial charge in [0.15, 0.2) is 11.6 Å². The van der Waals surface area contributed by atoms with E-state index in [9.17, 15) is 13.2 Å². The van der Waals surface area contributed by atoms with E-state index in [4.69, 9.17) is 4.74 Å². The Labute approximate surface area is 96.7 Å². The molecule has 1 aromatic rings. The third kappa shape index (κ3) is 5.39. The van der Waals surface area contributed by atoms with Gasteiger partial charge in [-0.15, -0.1) is 0 Å². The molecular weight excluding hydrogens is 237 g/mol. The number of nitrogens with one attached hydrogen (secondary N) is 1. The Morgan fingerprint density at radius 1 is 1.41 bits per heavy atom. The topological polar surface area (TPSA) is 43.4 Å². The zero-order valence-corrected chi connectivity index (χ0v) is 9.25. The number of pyridine rings is 1. The molecule has 0 aliphatic heterocycles. The first-order chi connectivity index (χ1) is 8.03. The first-order valence-electron chi connectivity index (χ1n) is 4.90. The van der Waals surface area contributed by atoms with Gasteiger partial charge in [-0.1, -0.05) is 0 Å². The molecule has 1 heterocycles. The summed E-state index contributed by atoms with van der Waals surface area (Å²) in [6, 6.07) is 3.40. The number of hydrogen-bond acceptors (Lipinski definition) is 4. The molecule has 0 aliphatic carbocycles.